The van der Waals surface area contributed by atoms with Crippen LogP contribution in [0.5, 0.6) is 11.5 Å². The lowest BCUT2D eigenvalue weighted by Crippen LogP contribution is -2.21. The number of nitrogens with zero attached hydrogens (tertiary/aromatic N) is 2. The molecule has 0 aliphatic rings. The normalized spacial score (nSPS) is 10.6. The smallest absolute Gasteiger partial charge is 0.185 e. The zero-order valence-electron chi connectivity index (χ0n) is 14.3. The van der Waals surface area contributed by atoms with Gasteiger partial charge in [0, 0.05) is 37.3 Å². The Bertz CT molecular complexity index is 612. The van der Waals surface area contributed by atoms with Gasteiger partial charge in [0.2, 0.25) is 0 Å². The van der Waals surface area contributed by atoms with Crippen LogP contribution in [0.3, 0.4) is 0 Å². The predicted molar refractivity (Wildman–Crippen MR) is 95.8 cm³/mol. The van der Waals surface area contributed by atoms with Gasteiger partial charge in [0.25, 0.3) is 0 Å². The van der Waals surface area contributed by atoms with Crippen molar-refractivity contribution in [2.75, 3.05) is 32.2 Å². The van der Waals surface area contributed by atoms with Crippen LogP contribution >= 0.6 is 11.3 Å². The second-order valence-electron chi connectivity index (χ2n) is 5.07. The molecule has 2 aromatic rings. The molecular weight excluding hydrogens is 310 g/mol. The van der Waals surface area contributed by atoms with Crippen molar-refractivity contribution in [1.82, 2.24) is 10.3 Å². The van der Waals surface area contributed by atoms with E-state index in [1.165, 1.54) is 4.88 Å². The average molecular weight is 335 g/mol. The maximum atomic E-state index is 5.33. The minimum absolute atomic E-state index is 0.752. The van der Waals surface area contributed by atoms with Crippen molar-refractivity contribution < 1.29 is 9.47 Å². The maximum Gasteiger partial charge on any atom is 0.185 e. The van der Waals surface area contributed by atoms with E-state index in [0.717, 1.165) is 48.4 Å². The molecule has 0 aliphatic heterocycles. The van der Waals surface area contributed by atoms with Gasteiger partial charge in [0.05, 0.1) is 14.2 Å². The summed E-state index contributed by atoms with van der Waals surface area (Å²) < 4.78 is 10.6. The average Bonchev–Trinajstić information content (AvgIpc) is 3.04. The Balaban J connectivity index is 1.90. The highest BCUT2D eigenvalue weighted by Crippen LogP contribution is 2.27. The van der Waals surface area contributed by atoms with E-state index in [9.17, 15) is 0 Å². The Labute approximate surface area is 142 Å². The minimum Gasteiger partial charge on any atom is -0.493 e. The molecular formula is C17H25N3O2S. The van der Waals surface area contributed by atoms with Crippen LogP contribution in [0, 0.1) is 0 Å². The fourth-order valence-corrected chi connectivity index (χ4v) is 3.35. The number of nitrogens with one attached hydrogen (secondary N) is 1. The largest absolute Gasteiger partial charge is 0.493 e. The van der Waals surface area contributed by atoms with Gasteiger partial charge in [-0.15, -0.1) is 11.3 Å². The van der Waals surface area contributed by atoms with Gasteiger partial charge in [-0.05, 0) is 31.5 Å². The van der Waals surface area contributed by atoms with E-state index in [0.29, 0.717) is 0 Å². The van der Waals surface area contributed by atoms with Gasteiger partial charge in [0.15, 0.2) is 16.6 Å². The van der Waals surface area contributed by atoms with Crippen molar-refractivity contribution in [3.05, 3.63) is 34.8 Å². The zero-order valence-corrected chi connectivity index (χ0v) is 15.1. The van der Waals surface area contributed by atoms with Crippen LogP contribution in [0.2, 0.25) is 0 Å². The van der Waals surface area contributed by atoms with Crippen LogP contribution in [0.25, 0.3) is 0 Å². The summed E-state index contributed by atoms with van der Waals surface area (Å²) in [5, 5.41) is 4.55. The summed E-state index contributed by atoms with van der Waals surface area (Å²) in [4.78, 5) is 8.01. The number of hydrogen-bond donors (Lipinski definition) is 1. The van der Waals surface area contributed by atoms with Crippen LogP contribution in [0.1, 0.15) is 24.3 Å². The molecule has 0 radical (unpaired) electrons. The number of rotatable bonds is 9. The fraction of sp³-hybridized carbons (Fsp3) is 0.471. The van der Waals surface area contributed by atoms with Crippen molar-refractivity contribution in [2.45, 2.75) is 26.9 Å². The van der Waals surface area contributed by atoms with Crippen LogP contribution in [-0.4, -0.2) is 32.3 Å². The summed E-state index contributed by atoms with van der Waals surface area (Å²) in [6.45, 7) is 7.87. The first-order chi connectivity index (χ1) is 11.2. The molecule has 6 heteroatoms. The number of hydrogen-bond acceptors (Lipinski definition) is 6. The Hall–Kier alpha value is -1.79. The molecule has 1 heterocycles. The molecule has 0 atom stereocenters. The molecule has 0 bridgehead atoms. The van der Waals surface area contributed by atoms with Crippen molar-refractivity contribution in [2.24, 2.45) is 0 Å². The molecule has 0 amide bonds. The van der Waals surface area contributed by atoms with Crippen molar-refractivity contribution >= 4 is 16.5 Å². The Morgan fingerprint density at radius 1 is 1.09 bits per heavy atom. The lowest BCUT2D eigenvalue weighted by molar-refractivity contribution is 0.354. The monoisotopic (exact) mass is 335 g/mol. The van der Waals surface area contributed by atoms with Crippen molar-refractivity contribution in [3.63, 3.8) is 0 Å². The van der Waals surface area contributed by atoms with E-state index in [-0.39, 0.29) is 0 Å². The van der Waals surface area contributed by atoms with E-state index < -0.39 is 0 Å². The van der Waals surface area contributed by atoms with Gasteiger partial charge in [-0.2, -0.15) is 0 Å². The summed E-state index contributed by atoms with van der Waals surface area (Å²) in [6.07, 6.45) is 1.96. The number of thiazole rings is 1. The molecule has 0 saturated heterocycles. The third kappa shape index (κ3) is 4.59. The van der Waals surface area contributed by atoms with E-state index >= 15 is 0 Å². The first kappa shape index (κ1) is 17.6. The molecule has 2 rings (SSSR count). The number of benzene rings is 1. The van der Waals surface area contributed by atoms with Crippen LogP contribution in [0.4, 0.5) is 5.13 Å². The summed E-state index contributed by atoms with van der Waals surface area (Å²) >= 11 is 1.75. The molecule has 23 heavy (non-hydrogen) atoms. The van der Waals surface area contributed by atoms with Gasteiger partial charge in [-0.25, -0.2) is 4.98 Å². The molecule has 5 nitrogen and oxygen atoms in total. The second-order valence-corrected chi connectivity index (χ2v) is 6.17. The highest BCUT2D eigenvalue weighted by atomic mass is 32.1. The summed E-state index contributed by atoms with van der Waals surface area (Å²) in [7, 11) is 3.30. The number of anilines is 1. The molecule has 0 spiro atoms. The number of aromatic nitrogens is 1. The first-order valence-electron chi connectivity index (χ1n) is 7.83. The number of ether oxygens (including phenoxy) is 2. The third-order valence-corrected chi connectivity index (χ3v) is 4.71. The zero-order chi connectivity index (χ0) is 16.7. The quantitative estimate of drug-likeness (QED) is 0.762. The topological polar surface area (TPSA) is 46.6 Å². The van der Waals surface area contributed by atoms with E-state index in [4.69, 9.17) is 9.47 Å². The predicted octanol–water partition coefficient (Wildman–Crippen LogP) is 3.30. The lowest BCUT2D eigenvalue weighted by atomic mass is 10.2. The SMILES string of the molecule is CCN(CC)c1ncc(CNCc2ccc(OC)c(OC)c2)s1. The molecule has 0 saturated carbocycles. The molecule has 1 N–H and O–H groups in total. The highest BCUT2D eigenvalue weighted by Gasteiger charge is 2.08. The van der Waals surface area contributed by atoms with E-state index in [2.05, 4.69) is 29.0 Å². The molecule has 1 aromatic heterocycles. The lowest BCUT2D eigenvalue weighted by Gasteiger charge is -2.16. The van der Waals surface area contributed by atoms with Crippen LogP contribution in [0.15, 0.2) is 24.4 Å². The molecule has 0 aliphatic carbocycles. The van der Waals surface area contributed by atoms with Gasteiger partial charge in [0.1, 0.15) is 0 Å². The summed E-state index contributed by atoms with van der Waals surface area (Å²) in [6, 6.07) is 5.98. The maximum absolute atomic E-state index is 5.33. The van der Waals surface area contributed by atoms with Crippen molar-refractivity contribution in [1.29, 1.82) is 0 Å². The number of methoxy groups -OCH3 is 2. The Morgan fingerprint density at radius 2 is 1.83 bits per heavy atom. The second kappa shape index (κ2) is 8.74. The minimum atomic E-state index is 0.752. The third-order valence-electron chi connectivity index (χ3n) is 3.65. The molecule has 126 valence electrons. The van der Waals surface area contributed by atoms with Crippen LogP contribution < -0.4 is 19.7 Å². The molecule has 0 unspecified atom stereocenters. The van der Waals surface area contributed by atoms with Crippen LogP contribution in [-0.2, 0) is 13.1 Å². The summed E-state index contributed by atoms with van der Waals surface area (Å²) in [5.74, 6) is 1.51. The highest BCUT2D eigenvalue weighted by molar-refractivity contribution is 7.15. The Kier molecular flexibility index (Phi) is 6.67. The van der Waals surface area contributed by atoms with Gasteiger partial charge >= 0.3 is 0 Å². The fourth-order valence-electron chi connectivity index (χ4n) is 2.34. The summed E-state index contributed by atoms with van der Waals surface area (Å²) in [5.41, 5.74) is 1.16. The molecule has 1 aromatic carbocycles. The van der Waals surface area contributed by atoms with E-state index in [1.54, 1.807) is 25.6 Å². The van der Waals surface area contributed by atoms with E-state index in [1.807, 2.05) is 24.4 Å². The van der Waals surface area contributed by atoms with Gasteiger partial charge in [-0.3, -0.25) is 0 Å². The van der Waals surface area contributed by atoms with Crippen molar-refractivity contribution in [3.8, 4) is 11.5 Å². The standard InChI is InChI=1S/C17H25N3O2S/c1-5-20(6-2)17-19-12-14(23-17)11-18-10-13-7-8-15(21-3)16(9-13)22-4/h7-9,12,18H,5-6,10-11H2,1-4H3. The van der Waals surface area contributed by atoms with Gasteiger partial charge < -0.3 is 19.7 Å². The molecule has 0 fully saturated rings. The Morgan fingerprint density at radius 3 is 2.48 bits per heavy atom. The van der Waals surface area contributed by atoms with Gasteiger partial charge in [-0.1, -0.05) is 6.07 Å². The first-order valence-corrected chi connectivity index (χ1v) is 8.64.